The zero-order chi connectivity index (χ0) is 19.0. The van der Waals surface area contributed by atoms with E-state index in [-0.39, 0.29) is 10.5 Å². The van der Waals surface area contributed by atoms with Crippen molar-refractivity contribution in [1.29, 1.82) is 0 Å². The second kappa shape index (κ2) is 6.55. The predicted octanol–water partition coefficient (Wildman–Crippen LogP) is 3.85. The standard InChI is InChI=1S/C21H17NO4S/c1-26-21(23)19-8-4-5-9-20(19)27(24,25)22-16-10-11-18-15(13-16)12-14-6-2-3-7-17(14)18/h2-11,13,22H,12H2,1H3. The van der Waals surface area contributed by atoms with Crippen molar-refractivity contribution in [1.82, 2.24) is 0 Å². The lowest BCUT2D eigenvalue weighted by Gasteiger charge is -2.12. The van der Waals surface area contributed by atoms with Crippen LogP contribution in [0.1, 0.15) is 21.5 Å². The van der Waals surface area contributed by atoms with Gasteiger partial charge in [0.15, 0.2) is 0 Å². The molecule has 4 rings (SSSR count). The molecule has 0 saturated heterocycles. The van der Waals surface area contributed by atoms with E-state index in [0.717, 1.165) is 17.5 Å². The summed E-state index contributed by atoms with van der Waals surface area (Å²) >= 11 is 0. The van der Waals surface area contributed by atoms with E-state index in [2.05, 4.69) is 21.6 Å². The first-order valence-corrected chi connectivity index (χ1v) is 9.89. The zero-order valence-electron chi connectivity index (χ0n) is 14.6. The van der Waals surface area contributed by atoms with Gasteiger partial charge in [-0.3, -0.25) is 4.72 Å². The molecule has 3 aromatic carbocycles. The van der Waals surface area contributed by atoms with E-state index in [1.807, 2.05) is 24.3 Å². The van der Waals surface area contributed by atoms with E-state index >= 15 is 0 Å². The molecule has 1 aliphatic rings. The molecule has 0 radical (unpaired) electrons. The molecule has 0 bridgehead atoms. The molecule has 0 aliphatic heterocycles. The Bertz CT molecular complexity index is 1150. The second-order valence-electron chi connectivity index (χ2n) is 6.30. The van der Waals surface area contributed by atoms with Crippen molar-refractivity contribution in [3.05, 3.63) is 83.4 Å². The molecule has 1 aliphatic carbocycles. The highest BCUT2D eigenvalue weighted by Crippen LogP contribution is 2.37. The van der Waals surface area contributed by atoms with E-state index in [4.69, 9.17) is 0 Å². The summed E-state index contributed by atoms with van der Waals surface area (Å²) < 4.78 is 32.9. The molecule has 3 aromatic rings. The van der Waals surface area contributed by atoms with Crippen LogP contribution in [-0.4, -0.2) is 21.5 Å². The third-order valence-corrected chi connectivity index (χ3v) is 6.07. The SMILES string of the molecule is COC(=O)c1ccccc1S(=O)(=O)Nc1ccc2c(c1)Cc1ccccc1-2. The number of carbonyl (C=O) groups excluding carboxylic acids is 1. The van der Waals surface area contributed by atoms with Crippen LogP contribution < -0.4 is 4.72 Å². The highest BCUT2D eigenvalue weighted by molar-refractivity contribution is 7.92. The Balaban J connectivity index is 1.68. The van der Waals surface area contributed by atoms with Crippen molar-refractivity contribution in [2.45, 2.75) is 11.3 Å². The van der Waals surface area contributed by atoms with Crippen molar-refractivity contribution in [3.8, 4) is 11.1 Å². The molecule has 0 fully saturated rings. The van der Waals surface area contributed by atoms with E-state index in [1.54, 1.807) is 18.2 Å². The molecule has 5 nitrogen and oxygen atoms in total. The Kier molecular flexibility index (Phi) is 4.20. The molecule has 0 unspecified atom stereocenters. The van der Waals surface area contributed by atoms with Crippen LogP contribution >= 0.6 is 0 Å². The molecule has 1 N–H and O–H groups in total. The Morgan fingerprint density at radius 3 is 2.44 bits per heavy atom. The molecule has 136 valence electrons. The lowest BCUT2D eigenvalue weighted by Crippen LogP contribution is -2.17. The van der Waals surface area contributed by atoms with Crippen LogP contribution in [0.3, 0.4) is 0 Å². The summed E-state index contributed by atoms with van der Waals surface area (Å²) in [5.41, 5.74) is 5.05. The van der Waals surface area contributed by atoms with Crippen LogP contribution in [0.5, 0.6) is 0 Å². The zero-order valence-corrected chi connectivity index (χ0v) is 15.4. The van der Waals surface area contributed by atoms with Crippen molar-refractivity contribution < 1.29 is 17.9 Å². The summed E-state index contributed by atoms with van der Waals surface area (Å²) in [5, 5.41) is 0. The third-order valence-electron chi connectivity index (χ3n) is 4.63. The highest BCUT2D eigenvalue weighted by atomic mass is 32.2. The topological polar surface area (TPSA) is 72.5 Å². The van der Waals surface area contributed by atoms with E-state index in [0.29, 0.717) is 5.69 Å². The van der Waals surface area contributed by atoms with E-state index in [1.165, 1.54) is 30.4 Å². The van der Waals surface area contributed by atoms with Crippen molar-refractivity contribution in [2.24, 2.45) is 0 Å². The predicted molar refractivity (Wildman–Crippen MR) is 103 cm³/mol. The number of fused-ring (bicyclic) bond motifs is 3. The number of benzene rings is 3. The molecule has 6 heteroatoms. The quantitative estimate of drug-likeness (QED) is 0.547. The van der Waals surface area contributed by atoms with Crippen molar-refractivity contribution in [2.75, 3.05) is 11.8 Å². The van der Waals surface area contributed by atoms with Gasteiger partial charge in [0.1, 0.15) is 4.90 Å². The smallest absolute Gasteiger partial charge is 0.339 e. The van der Waals surface area contributed by atoms with Crippen LogP contribution in [0.2, 0.25) is 0 Å². The van der Waals surface area contributed by atoms with Crippen LogP contribution in [0.25, 0.3) is 11.1 Å². The highest BCUT2D eigenvalue weighted by Gasteiger charge is 2.24. The number of anilines is 1. The van der Waals surface area contributed by atoms with Crippen LogP contribution in [-0.2, 0) is 21.2 Å². The molecule has 0 saturated carbocycles. The first kappa shape index (κ1) is 17.3. The minimum absolute atomic E-state index is 0.000986. The van der Waals surface area contributed by atoms with Gasteiger partial charge < -0.3 is 4.74 Å². The van der Waals surface area contributed by atoms with Gasteiger partial charge in [0.2, 0.25) is 0 Å². The molecular formula is C21H17NO4S. The van der Waals surface area contributed by atoms with Crippen LogP contribution in [0, 0.1) is 0 Å². The fraction of sp³-hybridized carbons (Fsp3) is 0.0952. The first-order valence-electron chi connectivity index (χ1n) is 8.41. The van der Waals surface area contributed by atoms with Crippen molar-refractivity contribution in [3.63, 3.8) is 0 Å². The molecular weight excluding hydrogens is 362 g/mol. The number of hydrogen-bond donors (Lipinski definition) is 1. The molecule has 0 aromatic heterocycles. The van der Waals surface area contributed by atoms with Gasteiger partial charge in [0, 0.05) is 5.69 Å². The lowest BCUT2D eigenvalue weighted by molar-refractivity contribution is 0.0596. The average molecular weight is 379 g/mol. The Morgan fingerprint density at radius 2 is 1.63 bits per heavy atom. The Hall–Kier alpha value is -3.12. The Labute approximate surface area is 157 Å². The number of rotatable bonds is 4. The fourth-order valence-corrected chi connectivity index (χ4v) is 4.64. The minimum Gasteiger partial charge on any atom is -0.465 e. The van der Waals surface area contributed by atoms with Crippen LogP contribution in [0.15, 0.2) is 71.6 Å². The van der Waals surface area contributed by atoms with Gasteiger partial charge in [-0.15, -0.1) is 0 Å². The van der Waals surface area contributed by atoms with Gasteiger partial charge in [0.25, 0.3) is 10.0 Å². The van der Waals surface area contributed by atoms with E-state index in [9.17, 15) is 13.2 Å². The Morgan fingerprint density at radius 1 is 0.926 bits per heavy atom. The second-order valence-corrected chi connectivity index (χ2v) is 7.95. The monoisotopic (exact) mass is 379 g/mol. The summed E-state index contributed by atoms with van der Waals surface area (Å²) in [5.74, 6) is -0.694. The summed E-state index contributed by atoms with van der Waals surface area (Å²) in [6.07, 6.45) is 0.764. The fourth-order valence-electron chi connectivity index (χ4n) is 3.40. The average Bonchev–Trinajstić information content (AvgIpc) is 3.04. The normalized spacial score (nSPS) is 12.2. The number of sulfonamides is 1. The largest absolute Gasteiger partial charge is 0.465 e. The maximum Gasteiger partial charge on any atom is 0.339 e. The first-order chi connectivity index (χ1) is 13.0. The number of methoxy groups -OCH3 is 1. The summed E-state index contributed by atoms with van der Waals surface area (Å²) in [4.78, 5) is 11.8. The van der Waals surface area contributed by atoms with Crippen LogP contribution in [0.4, 0.5) is 5.69 Å². The maximum absolute atomic E-state index is 12.8. The molecule has 27 heavy (non-hydrogen) atoms. The number of hydrogen-bond acceptors (Lipinski definition) is 4. The summed E-state index contributed by atoms with van der Waals surface area (Å²) in [7, 11) is -2.72. The molecule has 0 atom stereocenters. The van der Waals surface area contributed by atoms with Gasteiger partial charge in [-0.25, -0.2) is 13.2 Å². The molecule has 0 spiro atoms. The van der Waals surface area contributed by atoms with Gasteiger partial charge in [-0.1, -0.05) is 42.5 Å². The maximum atomic E-state index is 12.8. The molecule has 0 amide bonds. The third kappa shape index (κ3) is 3.08. The lowest BCUT2D eigenvalue weighted by atomic mass is 10.1. The number of carbonyl (C=O) groups is 1. The number of ether oxygens (including phenoxy) is 1. The number of nitrogens with one attached hydrogen (secondary N) is 1. The summed E-state index contributed by atoms with van der Waals surface area (Å²) in [6.45, 7) is 0. The van der Waals surface area contributed by atoms with Gasteiger partial charge in [-0.05, 0) is 52.9 Å². The molecule has 0 heterocycles. The van der Waals surface area contributed by atoms with E-state index < -0.39 is 16.0 Å². The minimum atomic E-state index is -3.93. The van der Waals surface area contributed by atoms with Gasteiger partial charge >= 0.3 is 5.97 Å². The van der Waals surface area contributed by atoms with Gasteiger partial charge in [-0.2, -0.15) is 0 Å². The van der Waals surface area contributed by atoms with Crippen molar-refractivity contribution >= 4 is 21.7 Å². The summed E-state index contributed by atoms with van der Waals surface area (Å²) in [6, 6.07) is 19.6. The number of esters is 1. The van der Waals surface area contributed by atoms with Gasteiger partial charge in [0.05, 0.1) is 12.7 Å².